The fourth-order valence-corrected chi connectivity index (χ4v) is 3.28. The highest BCUT2D eigenvalue weighted by Gasteiger charge is 2.12. The van der Waals surface area contributed by atoms with E-state index >= 15 is 0 Å². The normalized spacial score (nSPS) is 11.0. The molecule has 158 valence electrons. The lowest BCUT2D eigenvalue weighted by atomic mass is 10.1. The third kappa shape index (κ3) is 5.64. The molecule has 1 heterocycles. The zero-order valence-corrected chi connectivity index (χ0v) is 18.2. The number of aromatic nitrogens is 2. The van der Waals surface area contributed by atoms with Crippen molar-refractivity contribution in [2.75, 3.05) is 0 Å². The molecule has 0 spiro atoms. The van der Waals surface area contributed by atoms with Gasteiger partial charge in [0.2, 0.25) is 11.7 Å². The molecule has 0 saturated carbocycles. The standard InChI is InChI=1S/C25H23ClN2O3/c1-17(2)30-23-13-10-20(15-22(23)26)25-27-24(31-28-25)14-18-8-11-21(12-9-18)29-16-19-6-4-3-5-7-19/h3-13,15,17H,14,16H2,1-2H3. The third-order valence-corrected chi connectivity index (χ3v) is 4.84. The first kappa shape index (κ1) is 20.9. The summed E-state index contributed by atoms with van der Waals surface area (Å²) < 4.78 is 16.9. The van der Waals surface area contributed by atoms with Gasteiger partial charge in [-0.2, -0.15) is 4.98 Å². The number of benzene rings is 3. The van der Waals surface area contributed by atoms with Gasteiger partial charge in [-0.15, -0.1) is 0 Å². The van der Waals surface area contributed by atoms with E-state index in [9.17, 15) is 0 Å². The summed E-state index contributed by atoms with van der Waals surface area (Å²) in [4.78, 5) is 4.50. The number of rotatable bonds is 8. The third-order valence-electron chi connectivity index (χ3n) is 4.55. The van der Waals surface area contributed by atoms with Gasteiger partial charge in [-0.25, -0.2) is 0 Å². The topological polar surface area (TPSA) is 57.4 Å². The van der Waals surface area contributed by atoms with Crippen molar-refractivity contribution in [3.05, 3.63) is 94.8 Å². The monoisotopic (exact) mass is 434 g/mol. The van der Waals surface area contributed by atoms with Gasteiger partial charge >= 0.3 is 0 Å². The van der Waals surface area contributed by atoms with Crippen LogP contribution in [-0.2, 0) is 13.0 Å². The van der Waals surface area contributed by atoms with Crippen molar-refractivity contribution in [2.45, 2.75) is 33.0 Å². The summed E-state index contributed by atoms with van der Waals surface area (Å²) in [7, 11) is 0. The molecule has 4 rings (SSSR count). The highest BCUT2D eigenvalue weighted by molar-refractivity contribution is 6.32. The smallest absolute Gasteiger partial charge is 0.231 e. The van der Waals surface area contributed by atoms with Gasteiger partial charge in [0.1, 0.15) is 18.1 Å². The highest BCUT2D eigenvalue weighted by Crippen LogP contribution is 2.30. The lowest BCUT2D eigenvalue weighted by molar-refractivity contribution is 0.242. The summed E-state index contributed by atoms with van der Waals surface area (Å²) in [5.41, 5.74) is 2.97. The van der Waals surface area contributed by atoms with E-state index in [1.807, 2.05) is 80.6 Å². The van der Waals surface area contributed by atoms with Crippen molar-refractivity contribution in [2.24, 2.45) is 0 Å². The Labute approximate surface area is 186 Å². The second kappa shape index (κ2) is 9.67. The van der Waals surface area contributed by atoms with Crippen molar-refractivity contribution in [1.29, 1.82) is 0 Å². The summed E-state index contributed by atoms with van der Waals surface area (Å²) in [6.45, 7) is 4.45. The van der Waals surface area contributed by atoms with Crippen LogP contribution in [-0.4, -0.2) is 16.2 Å². The van der Waals surface area contributed by atoms with E-state index in [2.05, 4.69) is 10.1 Å². The van der Waals surface area contributed by atoms with Gasteiger partial charge in [0.25, 0.3) is 0 Å². The molecule has 0 atom stereocenters. The average molecular weight is 435 g/mol. The SMILES string of the molecule is CC(C)Oc1ccc(-c2noc(Cc3ccc(OCc4ccccc4)cc3)n2)cc1Cl. The van der Waals surface area contributed by atoms with E-state index in [1.165, 1.54) is 0 Å². The molecule has 0 aliphatic rings. The molecule has 31 heavy (non-hydrogen) atoms. The second-order valence-electron chi connectivity index (χ2n) is 7.42. The summed E-state index contributed by atoms with van der Waals surface area (Å²) in [5.74, 6) is 2.48. The molecular weight excluding hydrogens is 412 g/mol. The van der Waals surface area contributed by atoms with Gasteiger partial charge in [0.05, 0.1) is 17.5 Å². The quantitative estimate of drug-likeness (QED) is 0.323. The Morgan fingerprint density at radius 3 is 2.42 bits per heavy atom. The van der Waals surface area contributed by atoms with Gasteiger partial charge in [0.15, 0.2) is 0 Å². The van der Waals surface area contributed by atoms with Crippen LogP contribution in [0.15, 0.2) is 77.3 Å². The molecule has 4 aromatic rings. The summed E-state index contributed by atoms with van der Waals surface area (Å²) in [6, 6.07) is 23.4. The molecule has 0 amide bonds. The Balaban J connectivity index is 1.38. The number of halogens is 1. The first-order chi connectivity index (χ1) is 15.1. The lowest BCUT2D eigenvalue weighted by Gasteiger charge is -2.11. The Morgan fingerprint density at radius 1 is 0.935 bits per heavy atom. The number of hydrogen-bond acceptors (Lipinski definition) is 5. The summed E-state index contributed by atoms with van der Waals surface area (Å²) in [6.07, 6.45) is 0.587. The van der Waals surface area contributed by atoms with E-state index in [1.54, 1.807) is 6.07 Å². The Kier molecular flexibility index (Phi) is 6.53. The maximum atomic E-state index is 6.32. The van der Waals surface area contributed by atoms with E-state index in [0.29, 0.717) is 35.5 Å². The van der Waals surface area contributed by atoms with Crippen LogP contribution < -0.4 is 9.47 Å². The van der Waals surface area contributed by atoms with Crippen molar-refractivity contribution in [1.82, 2.24) is 10.1 Å². The number of nitrogens with zero attached hydrogens (tertiary/aromatic N) is 2. The van der Waals surface area contributed by atoms with Crippen molar-refractivity contribution >= 4 is 11.6 Å². The van der Waals surface area contributed by atoms with Crippen LogP contribution in [0.4, 0.5) is 0 Å². The van der Waals surface area contributed by atoms with E-state index in [4.69, 9.17) is 25.6 Å². The summed E-state index contributed by atoms with van der Waals surface area (Å²) >= 11 is 6.32. The van der Waals surface area contributed by atoms with Crippen LogP contribution in [0.5, 0.6) is 11.5 Å². The predicted molar refractivity (Wildman–Crippen MR) is 121 cm³/mol. The van der Waals surface area contributed by atoms with Gasteiger partial charge in [0, 0.05) is 5.56 Å². The fourth-order valence-electron chi connectivity index (χ4n) is 3.05. The van der Waals surface area contributed by atoms with Crippen LogP contribution in [0, 0.1) is 0 Å². The molecule has 5 nitrogen and oxygen atoms in total. The van der Waals surface area contributed by atoms with Crippen molar-refractivity contribution in [3.8, 4) is 22.9 Å². The minimum absolute atomic E-state index is 0.0512. The van der Waals surface area contributed by atoms with Gasteiger partial charge in [-0.1, -0.05) is 59.2 Å². The zero-order chi connectivity index (χ0) is 21.6. The minimum atomic E-state index is 0.0512. The fraction of sp³-hybridized carbons (Fsp3) is 0.200. The van der Waals surface area contributed by atoms with Crippen molar-refractivity contribution < 1.29 is 14.0 Å². The molecule has 6 heteroatoms. The molecule has 0 aliphatic heterocycles. The second-order valence-corrected chi connectivity index (χ2v) is 7.83. The Bertz CT molecular complexity index is 1130. The molecule has 0 bridgehead atoms. The molecule has 0 N–H and O–H groups in total. The van der Waals surface area contributed by atoms with Gasteiger partial charge in [-0.3, -0.25) is 0 Å². The van der Waals surface area contributed by atoms with E-state index in [0.717, 1.165) is 22.4 Å². The van der Waals surface area contributed by atoms with E-state index in [-0.39, 0.29) is 6.10 Å². The largest absolute Gasteiger partial charge is 0.489 e. The Hall–Kier alpha value is -3.31. The van der Waals surface area contributed by atoms with Crippen molar-refractivity contribution in [3.63, 3.8) is 0 Å². The maximum Gasteiger partial charge on any atom is 0.231 e. The Morgan fingerprint density at radius 2 is 1.71 bits per heavy atom. The average Bonchev–Trinajstić information content (AvgIpc) is 3.24. The molecular formula is C25H23ClN2O3. The highest BCUT2D eigenvalue weighted by atomic mass is 35.5. The molecule has 3 aromatic carbocycles. The van der Waals surface area contributed by atoms with E-state index < -0.39 is 0 Å². The number of ether oxygens (including phenoxy) is 2. The van der Waals surface area contributed by atoms with Crippen LogP contribution in [0.2, 0.25) is 5.02 Å². The molecule has 0 radical (unpaired) electrons. The first-order valence-electron chi connectivity index (χ1n) is 10.1. The van der Waals surface area contributed by atoms with Crippen LogP contribution in [0.25, 0.3) is 11.4 Å². The van der Waals surface area contributed by atoms with Crippen LogP contribution in [0.1, 0.15) is 30.9 Å². The summed E-state index contributed by atoms with van der Waals surface area (Å²) in [5, 5.41) is 4.60. The van der Waals surface area contributed by atoms with Crippen LogP contribution >= 0.6 is 11.6 Å². The molecule has 1 aromatic heterocycles. The van der Waals surface area contributed by atoms with Gasteiger partial charge < -0.3 is 14.0 Å². The number of hydrogen-bond donors (Lipinski definition) is 0. The first-order valence-corrected chi connectivity index (χ1v) is 10.5. The van der Waals surface area contributed by atoms with Crippen LogP contribution in [0.3, 0.4) is 0 Å². The molecule has 0 aliphatic carbocycles. The predicted octanol–water partition coefficient (Wildman–Crippen LogP) is 6.35. The molecule has 0 unspecified atom stereocenters. The molecule has 0 saturated heterocycles. The maximum absolute atomic E-state index is 6.32. The molecule has 0 fully saturated rings. The van der Waals surface area contributed by atoms with Gasteiger partial charge in [-0.05, 0) is 55.3 Å². The lowest BCUT2D eigenvalue weighted by Crippen LogP contribution is -2.05. The minimum Gasteiger partial charge on any atom is -0.489 e. The zero-order valence-electron chi connectivity index (χ0n) is 17.4.